The molecule has 0 saturated heterocycles. The third-order valence-electron chi connectivity index (χ3n) is 4.27. The lowest BCUT2D eigenvalue weighted by Crippen LogP contribution is -2.06. The molecule has 0 saturated carbocycles. The highest BCUT2D eigenvalue weighted by Crippen LogP contribution is 2.35. The smallest absolute Gasteiger partial charge is 0.160 e. The maximum atomic E-state index is 12.1. The summed E-state index contributed by atoms with van der Waals surface area (Å²) in [5.74, 6) is 0.0465. The number of carbonyl (C=O) groups excluding carboxylic acids is 2. The summed E-state index contributed by atoms with van der Waals surface area (Å²) < 4.78 is 0. The van der Waals surface area contributed by atoms with Crippen molar-refractivity contribution in [1.82, 2.24) is 0 Å². The number of hydrogen-bond donors (Lipinski definition) is 0. The fourth-order valence-corrected chi connectivity index (χ4v) is 3.55. The fraction of sp³-hybridized carbons (Fsp3) is 0.0909. The predicted molar refractivity (Wildman–Crippen MR) is 107 cm³/mol. The Balaban J connectivity index is 2.36. The molecule has 2 nitrogen and oxygen atoms in total. The molecule has 124 valence electrons. The van der Waals surface area contributed by atoms with Gasteiger partial charge in [-0.1, -0.05) is 66.7 Å². The number of Topliss-reactive ketones (excluding diaryl/α,β-unsaturated/α-hetero) is 2. The van der Waals surface area contributed by atoms with E-state index in [0.29, 0.717) is 11.1 Å². The molecule has 1 atom stereocenters. The molecule has 0 spiro atoms. The van der Waals surface area contributed by atoms with Gasteiger partial charge in [0.1, 0.15) is 0 Å². The summed E-state index contributed by atoms with van der Waals surface area (Å²) in [7, 11) is 2.74. The van der Waals surface area contributed by atoms with E-state index in [2.05, 4.69) is 9.24 Å². The van der Waals surface area contributed by atoms with E-state index in [9.17, 15) is 9.59 Å². The normalized spacial score (nSPS) is 10.5. The van der Waals surface area contributed by atoms with E-state index in [1.54, 1.807) is 13.8 Å². The summed E-state index contributed by atoms with van der Waals surface area (Å²) in [5.41, 5.74) is 5.04. The van der Waals surface area contributed by atoms with Crippen LogP contribution in [0.3, 0.4) is 0 Å². The lowest BCUT2D eigenvalue weighted by molar-refractivity contribution is 0.101. The van der Waals surface area contributed by atoms with Crippen LogP contribution in [0.15, 0.2) is 66.7 Å². The summed E-state index contributed by atoms with van der Waals surface area (Å²) in [4.78, 5) is 24.2. The zero-order valence-corrected chi connectivity index (χ0v) is 15.4. The lowest BCUT2D eigenvalue weighted by atomic mass is 9.88. The molecule has 0 aliphatic heterocycles. The monoisotopic (exact) mass is 346 g/mol. The highest BCUT2D eigenvalue weighted by atomic mass is 31.0. The molecule has 0 aromatic heterocycles. The minimum absolute atomic E-state index is 0.0228. The molecule has 0 bridgehead atoms. The van der Waals surface area contributed by atoms with E-state index in [4.69, 9.17) is 0 Å². The van der Waals surface area contributed by atoms with Crippen molar-refractivity contribution < 1.29 is 9.59 Å². The SMILES string of the molecule is CC(=O)c1ccccc1-c1cccc(P)c1-c1ccccc1C(C)=O. The first-order valence-electron chi connectivity index (χ1n) is 8.10. The Kier molecular flexibility index (Phi) is 4.92. The Hall–Kier alpha value is -2.57. The summed E-state index contributed by atoms with van der Waals surface area (Å²) in [6, 6.07) is 21.2. The van der Waals surface area contributed by atoms with Crippen LogP contribution in [0.5, 0.6) is 0 Å². The molecule has 25 heavy (non-hydrogen) atoms. The third-order valence-corrected chi connectivity index (χ3v) is 4.75. The van der Waals surface area contributed by atoms with Crippen LogP contribution < -0.4 is 5.30 Å². The first-order valence-corrected chi connectivity index (χ1v) is 8.67. The minimum atomic E-state index is 0.0228. The van der Waals surface area contributed by atoms with Gasteiger partial charge < -0.3 is 0 Å². The summed E-state index contributed by atoms with van der Waals surface area (Å²) in [6.07, 6.45) is 0. The predicted octanol–water partition coefficient (Wildman–Crippen LogP) is 4.93. The van der Waals surface area contributed by atoms with Gasteiger partial charge >= 0.3 is 0 Å². The standard InChI is InChI=1S/C22H19O2P/c1-14(23)16-8-3-5-10-18(16)20-12-7-13-21(25)22(20)19-11-6-4-9-17(19)15(2)24/h3-13H,25H2,1-2H3. The Morgan fingerprint density at radius 1 is 0.640 bits per heavy atom. The summed E-state index contributed by atoms with van der Waals surface area (Å²) >= 11 is 0. The maximum Gasteiger partial charge on any atom is 0.160 e. The number of carbonyl (C=O) groups is 2. The van der Waals surface area contributed by atoms with E-state index < -0.39 is 0 Å². The van der Waals surface area contributed by atoms with Gasteiger partial charge in [0.05, 0.1) is 0 Å². The van der Waals surface area contributed by atoms with Crippen molar-refractivity contribution >= 4 is 26.1 Å². The first-order chi connectivity index (χ1) is 12.0. The van der Waals surface area contributed by atoms with Crippen molar-refractivity contribution in [3.8, 4) is 22.3 Å². The zero-order chi connectivity index (χ0) is 18.0. The highest BCUT2D eigenvalue weighted by Gasteiger charge is 2.18. The van der Waals surface area contributed by atoms with Gasteiger partial charge in [0.25, 0.3) is 0 Å². The molecular formula is C22H19O2P. The van der Waals surface area contributed by atoms with E-state index in [-0.39, 0.29) is 11.6 Å². The van der Waals surface area contributed by atoms with Crippen LogP contribution in [0.2, 0.25) is 0 Å². The molecule has 0 aliphatic carbocycles. The molecule has 3 aromatic carbocycles. The Labute approximate surface area is 150 Å². The van der Waals surface area contributed by atoms with E-state index in [1.165, 1.54) is 0 Å². The average molecular weight is 346 g/mol. The zero-order valence-electron chi connectivity index (χ0n) is 14.2. The van der Waals surface area contributed by atoms with Crippen LogP contribution >= 0.6 is 9.24 Å². The van der Waals surface area contributed by atoms with Crippen LogP contribution in [0, 0.1) is 0 Å². The van der Waals surface area contributed by atoms with Gasteiger partial charge in [-0.25, -0.2) is 0 Å². The van der Waals surface area contributed by atoms with Crippen LogP contribution in [-0.4, -0.2) is 11.6 Å². The van der Waals surface area contributed by atoms with Crippen molar-refractivity contribution in [1.29, 1.82) is 0 Å². The molecule has 3 heteroatoms. The Morgan fingerprint density at radius 2 is 1.12 bits per heavy atom. The van der Waals surface area contributed by atoms with Crippen molar-refractivity contribution in [2.75, 3.05) is 0 Å². The molecule has 0 aliphatic rings. The average Bonchev–Trinajstić information content (AvgIpc) is 2.61. The lowest BCUT2D eigenvalue weighted by Gasteiger charge is -2.17. The van der Waals surface area contributed by atoms with Crippen LogP contribution in [0.25, 0.3) is 22.3 Å². The van der Waals surface area contributed by atoms with Crippen molar-refractivity contribution in [2.24, 2.45) is 0 Å². The second kappa shape index (κ2) is 7.13. The molecule has 1 unspecified atom stereocenters. The Bertz CT molecular complexity index is 973. The molecule has 3 aromatic rings. The van der Waals surface area contributed by atoms with E-state index >= 15 is 0 Å². The highest BCUT2D eigenvalue weighted by molar-refractivity contribution is 7.28. The van der Waals surface area contributed by atoms with Gasteiger partial charge in [0, 0.05) is 11.1 Å². The molecule has 3 rings (SSSR count). The van der Waals surface area contributed by atoms with Crippen molar-refractivity contribution in [3.63, 3.8) is 0 Å². The van der Waals surface area contributed by atoms with Crippen LogP contribution in [0.1, 0.15) is 34.6 Å². The molecule has 0 fully saturated rings. The molecule has 0 heterocycles. The van der Waals surface area contributed by atoms with Crippen LogP contribution in [0.4, 0.5) is 0 Å². The quantitative estimate of drug-likeness (QED) is 0.496. The maximum absolute atomic E-state index is 12.1. The summed E-state index contributed by atoms with van der Waals surface area (Å²) in [5, 5.41) is 0.990. The second-order valence-electron chi connectivity index (χ2n) is 5.97. The number of hydrogen-bond acceptors (Lipinski definition) is 2. The molecule has 0 N–H and O–H groups in total. The van der Waals surface area contributed by atoms with Crippen LogP contribution in [-0.2, 0) is 0 Å². The molecule has 0 amide bonds. The number of ketones is 2. The summed E-state index contributed by atoms with van der Waals surface area (Å²) in [6.45, 7) is 3.15. The largest absolute Gasteiger partial charge is 0.294 e. The minimum Gasteiger partial charge on any atom is -0.294 e. The number of benzene rings is 3. The van der Waals surface area contributed by atoms with E-state index in [0.717, 1.165) is 27.6 Å². The Morgan fingerprint density at radius 3 is 1.72 bits per heavy atom. The van der Waals surface area contributed by atoms with Crippen molar-refractivity contribution in [2.45, 2.75) is 13.8 Å². The second-order valence-corrected chi connectivity index (χ2v) is 6.60. The van der Waals surface area contributed by atoms with Gasteiger partial charge in [-0.2, -0.15) is 0 Å². The van der Waals surface area contributed by atoms with E-state index in [1.807, 2.05) is 66.7 Å². The van der Waals surface area contributed by atoms with Crippen molar-refractivity contribution in [3.05, 3.63) is 77.9 Å². The van der Waals surface area contributed by atoms with Gasteiger partial charge in [-0.05, 0) is 41.4 Å². The number of rotatable bonds is 4. The van der Waals surface area contributed by atoms with Gasteiger partial charge in [0.2, 0.25) is 0 Å². The van der Waals surface area contributed by atoms with Gasteiger partial charge in [-0.15, -0.1) is 9.24 Å². The van der Waals surface area contributed by atoms with Gasteiger partial charge in [-0.3, -0.25) is 9.59 Å². The topological polar surface area (TPSA) is 34.1 Å². The first kappa shape index (κ1) is 17.3. The van der Waals surface area contributed by atoms with Gasteiger partial charge in [0.15, 0.2) is 11.6 Å². The third kappa shape index (κ3) is 3.31. The molecular weight excluding hydrogens is 327 g/mol. The fourth-order valence-electron chi connectivity index (χ4n) is 3.13. The molecule has 0 radical (unpaired) electrons.